The second-order valence-electron chi connectivity index (χ2n) is 6.50. The Bertz CT molecular complexity index is 1150. The monoisotopic (exact) mass is 455 g/mol. The summed E-state index contributed by atoms with van der Waals surface area (Å²) in [4.78, 5) is 34.8. The molecule has 0 aliphatic carbocycles. The molecule has 32 heavy (non-hydrogen) atoms. The number of hydrogen-bond acceptors (Lipinski definition) is 6. The van der Waals surface area contributed by atoms with Crippen LogP contribution in [0.3, 0.4) is 0 Å². The van der Waals surface area contributed by atoms with E-state index < -0.39 is 16.7 Å². The maximum atomic E-state index is 12.4. The summed E-state index contributed by atoms with van der Waals surface area (Å²) in [7, 11) is 1.44. The minimum atomic E-state index is -0.697. The number of nitrogens with one attached hydrogen (secondary N) is 2. The normalized spacial score (nSPS) is 10.2. The van der Waals surface area contributed by atoms with Crippen LogP contribution in [-0.4, -0.2) is 23.8 Å². The Kier molecular flexibility index (Phi) is 7.25. The molecule has 0 radical (unpaired) electrons. The lowest BCUT2D eigenvalue weighted by molar-refractivity contribution is -0.384. The molecule has 3 aromatic carbocycles. The Morgan fingerprint density at radius 3 is 2.22 bits per heavy atom. The average molecular weight is 456 g/mol. The molecule has 0 heterocycles. The van der Waals surface area contributed by atoms with Gasteiger partial charge >= 0.3 is 0 Å². The Balaban J connectivity index is 1.62. The average Bonchev–Trinajstić information content (AvgIpc) is 2.81. The third-order valence-corrected chi connectivity index (χ3v) is 4.59. The highest BCUT2D eigenvalue weighted by atomic mass is 35.5. The van der Waals surface area contributed by atoms with Crippen molar-refractivity contribution in [2.24, 2.45) is 0 Å². The maximum Gasteiger partial charge on any atom is 0.270 e. The fourth-order valence-corrected chi connectivity index (χ4v) is 2.81. The molecule has 0 atom stereocenters. The second-order valence-corrected chi connectivity index (χ2v) is 6.93. The summed E-state index contributed by atoms with van der Waals surface area (Å²) in [6, 6.07) is 16.9. The van der Waals surface area contributed by atoms with E-state index in [9.17, 15) is 19.7 Å². The van der Waals surface area contributed by atoms with Crippen LogP contribution in [0.5, 0.6) is 11.5 Å². The molecule has 0 aromatic heterocycles. The van der Waals surface area contributed by atoms with Crippen molar-refractivity contribution in [3.05, 3.63) is 98.6 Å². The SMILES string of the molecule is COc1cc(C(=O)NNC(=O)c2cccc([N+](=O)[O-])c2)ccc1OCc1ccc(Cl)cc1. The van der Waals surface area contributed by atoms with Gasteiger partial charge in [0.15, 0.2) is 11.5 Å². The van der Waals surface area contributed by atoms with Gasteiger partial charge in [-0.1, -0.05) is 29.8 Å². The molecule has 9 nitrogen and oxygen atoms in total. The second kappa shape index (κ2) is 10.3. The van der Waals surface area contributed by atoms with Crippen molar-refractivity contribution in [1.82, 2.24) is 10.9 Å². The molecule has 0 saturated carbocycles. The van der Waals surface area contributed by atoms with E-state index in [4.69, 9.17) is 21.1 Å². The number of amides is 2. The molecule has 0 aliphatic rings. The van der Waals surface area contributed by atoms with E-state index in [0.717, 1.165) is 11.6 Å². The van der Waals surface area contributed by atoms with Crippen LogP contribution in [0.4, 0.5) is 5.69 Å². The summed E-state index contributed by atoms with van der Waals surface area (Å²) in [5.74, 6) is -0.542. The van der Waals surface area contributed by atoms with E-state index in [1.807, 2.05) is 12.1 Å². The topological polar surface area (TPSA) is 120 Å². The van der Waals surface area contributed by atoms with Crippen LogP contribution in [0, 0.1) is 10.1 Å². The van der Waals surface area contributed by atoms with Crippen molar-refractivity contribution in [1.29, 1.82) is 0 Å². The first-order chi connectivity index (χ1) is 15.4. The van der Waals surface area contributed by atoms with E-state index >= 15 is 0 Å². The van der Waals surface area contributed by atoms with Crippen LogP contribution in [0.25, 0.3) is 0 Å². The first-order valence-electron chi connectivity index (χ1n) is 9.28. The standard InChI is InChI=1S/C22H18ClN3O6/c1-31-20-12-16(7-10-19(20)32-13-14-5-8-17(23)9-6-14)22(28)25-24-21(27)15-3-2-4-18(11-15)26(29)30/h2-12H,13H2,1H3,(H,24,27)(H,25,28). The highest BCUT2D eigenvalue weighted by Crippen LogP contribution is 2.29. The van der Waals surface area contributed by atoms with E-state index in [2.05, 4.69) is 10.9 Å². The summed E-state index contributed by atoms with van der Waals surface area (Å²) in [5.41, 5.74) is 5.40. The van der Waals surface area contributed by atoms with Gasteiger partial charge in [0.05, 0.1) is 12.0 Å². The van der Waals surface area contributed by atoms with Crippen LogP contribution >= 0.6 is 11.6 Å². The van der Waals surface area contributed by atoms with Gasteiger partial charge in [-0.05, 0) is 42.0 Å². The number of nitro groups is 1. The molecule has 0 spiro atoms. The summed E-state index contributed by atoms with van der Waals surface area (Å²) in [6.07, 6.45) is 0. The smallest absolute Gasteiger partial charge is 0.270 e. The zero-order valence-electron chi connectivity index (χ0n) is 16.8. The molecule has 2 N–H and O–H groups in total. The molecule has 0 aliphatic heterocycles. The van der Waals surface area contributed by atoms with Gasteiger partial charge in [-0.3, -0.25) is 30.6 Å². The number of carbonyl (C=O) groups is 2. The summed E-state index contributed by atoms with van der Waals surface area (Å²) in [5, 5.41) is 11.5. The number of ether oxygens (including phenoxy) is 2. The molecule has 0 fully saturated rings. The van der Waals surface area contributed by atoms with Crippen molar-refractivity contribution in [2.45, 2.75) is 6.61 Å². The van der Waals surface area contributed by atoms with Crippen LogP contribution in [0.2, 0.25) is 5.02 Å². The number of rotatable bonds is 7. The quantitative estimate of drug-likeness (QED) is 0.411. The van der Waals surface area contributed by atoms with Crippen LogP contribution < -0.4 is 20.3 Å². The number of nitrogens with zero attached hydrogens (tertiary/aromatic N) is 1. The van der Waals surface area contributed by atoms with Crippen molar-refractivity contribution in [3.8, 4) is 11.5 Å². The van der Waals surface area contributed by atoms with E-state index in [1.165, 1.54) is 37.4 Å². The van der Waals surface area contributed by atoms with Crippen LogP contribution in [-0.2, 0) is 6.61 Å². The largest absolute Gasteiger partial charge is 0.493 e. The number of methoxy groups -OCH3 is 1. The van der Waals surface area contributed by atoms with E-state index in [-0.39, 0.29) is 23.4 Å². The third kappa shape index (κ3) is 5.73. The van der Waals surface area contributed by atoms with Crippen molar-refractivity contribution in [2.75, 3.05) is 7.11 Å². The van der Waals surface area contributed by atoms with Crippen LogP contribution in [0.1, 0.15) is 26.3 Å². The lowest BCUT2D eigenvalue weighted by Crippen LogP contribution is -2.41. The number of hydrogen-bond donors (Lipinski definition) is 2. The fourth-order valence-electron chi connectivity index (χ4n) is 2.69. The van der Waals surface area contributed by atoms with Gasteiger partial charge in [-0.15, -0.1) is 0 Å². The maximum absolute atomic E-state index is 12.4. The fraction of sp³-hybridized carbons (Fsp3) is 0.0909. The number of non-ortho nitro benzene ring substituents is 1. The van der Waals surface area contributed by atoms with Gasteiger partial charge in [0.1, 0.15) is 6.61 Å². The van der Waals surface area contributed by atoms with Crippen molar-refractivity contribution in [3.63, 3.8) is 0 Å². The lowest BCUT2D eigenvalue weighted by Gasteiger charge is -2.13. The van der Waals surface area contributed by atoms with Gasteiger partial charge in [-0.2, -0.15) is 0 Å². The van der Waals surface area contributed by atoms with Crippen LogP contribution in [0.15, 0.2) is 66.7 Å². The highest BCUT2D eigenvalue weighted by molar-refractivity contribution is 6.30. The summed E-state index contributed by atoms with van der Waals surface area (Å²) >= 11 is 5.87. The Hall–Kier alpha value is -4.11. The predicted molar refractivity (Wildman–Crippen MR) is 117 cm³/mol. The molecule has 3 rings (SSSR count). The van der Waals surface area contributed by atoms with E-state index in [1.54, 1.807) is 18.2 Å². The molecule has 0 bridgehead atoms. The third-order valence-electron chi connectivity index (χ3n) is 4.34. The number of hydrazine groups is 1. The van der Waals surface area contributed by atoms with E-state index in [0.29, 0.717) is 16.5 Å². The minimum absolute atomic E-state index is 0.0306. The molecule has 3 aromatic rings. The number of carbonyl (C=O) groups excluding carboxylic acids is 2. The number of benzene rings is 3. The highest BCUT2D eigenvalue weighted by Gasteiger charge is 2.15. The van der Waals surface area contributed by atoms with Crippen molar-refractivity contribution < 1.29 is 24.0 Å². The molecule has 10 heteroatoms. The van der Waals surface area contributed by atoms with Gasteiger partial charge in [0.2, 0.25) is 0 Å². The molecule has 0 unspecified atom stereocenters. The number of nitro benzene ring substituents is 1. The Labute approximate surface area is 188 Å². The Morgan fingerprint density at radius 1 is 0.938 bits per heavy atom. The predicted octanol–water partition coefficient (Wildman–Crippen LogP) is 3.91. The zero-order chi connectivity index (χ0) is 23.1. The molecule has 164 valence electrons. The van der Waals surface area contributed by atoms with Gasteiger partial charge < -0.3 is 9.47 Å². The molecule has 2 amide bonds. The van der Waals surface area contributed by atoms with Gasteiger partial charge in [-0.25, -0.2) is 0 Å². The first-order valence-corrected chi connectivity index (χ1v) is 9.65. The molecule has 0 saturated heterocycles. The number of halogens is 1. The summed E-state index contributed by atoms with van der Waals surface area (Å²) in [6.45, 7) is 0.276. The summed E-state index contributed by atoms with van der Waals surface area (Å²) < 4.78 is 11.0. The minimum Gasteiger partial charge on any atom is -0.493 e. The zero-order valence-corrected chi connectivity index (χ0v) is 17.6. The Morgan fingerprint density at radius 2 is 1.59 bits per heavy atom. The molecular formula is C22H18ClN3O6. The lowest BCUT2D eigenvalue weighted by atomic mass is 10.2. The van der Waals surface area contributed by atoms with Gasteiger partial charge in [0.25, 0.3) is 17.5 Å². The first kappa shape index (κ1) is 22.6. The van der Waals surface area contributed by atoms with Gasteiger partial charge in [0, 0.05) is 28.3 Å². The van der Waals surface area contributed by atoms with Crippen molar-refractivity contribution >= 4 is 29.1 Å². The molecular weight excluding hydrogens is 438 g/mol.